The molecule has 1 saturated heterocycles. The molecule has 0 saturated carbocycles. The van der Waals surface area contributed by atoms with E-state index in [4.69, 9.17) is 9.84 Å². The zero-order valence-electron chi connectivity index (χ0n) is 9.74. The number of aromatic nitrogens is 4. The van der Waals surface area contributed by atoms with E-state index in [-0.39, 0.29) is 24.2 Å². The van der Waals surface area contributed by atoms with Crippen molar-refractivity contribution in [3.8, 4) is 0 Å². The second-order valence-electron chi connectivity index (χ2n) is 4.37. The van der Waals surface area contributed by atoms with E-state index in [1.165, 1.54) is 10.9 Å². The van der Waals surface area contributed by atoms with Crippen LogP contribution in [0.2, 0.25) is 0 Å². The minimum absolute atomic E-state index is 0.0881. The Morgan fingerprint density at radius 1 is 1.47 bits per heavy atom. The van der Waals surface area contributed by atoms with Crippen molar-refractivity contribution in [3.05, 3.63) is 27.2 Å². The monoisotopic (exact) mass is 268 g/mol. The van der Waals surface area contributed by atoms with Crippen LogP contribution in [0.1, 0.15) is 12.6 Å². The Morgan fingerprint density at radius 2 is 2.26 bits per heavy atom. The molecule has 0 aliphatic carbocycles. The van der Waals surface area contributed by atoms with Crippen LogP contribution in [0.3, 0.4) is 0 Å². The summed E-state index contributed by atoms with van der Waals surface area (Å²) < 4.78 is 6.91. The zero-order valence-corrected chi connectivity index (χ0v) is 9.74. The molecule has 0 spiro atoms. The van der Waals surface area contributed by atoms with Gasteiger partial charge in [0.15, 0.2) is 5.52 Å². The number of hydrogen-bond acceptors (Lipinski definition) is 6. The third-order valence-electron chi connectivity index (χ3n) is 3.16. The van der Waals surface area contributed by atoms with Gasteiger partial charge in [-0.15, -0.1) is 0 Å². The third kappa shape index (κ3) is 1.87. The van der Waals surface area contributed by atoms with E-state index in [1.807, 2.05) is 0 Å². The van der Waals surface area contributed by atoms with E-state index in [2.05, 4.69) is 15.0 Å². The maximum Gasteiger partial charge on any atom is 0.327 e. The second-order valence-corrected chi connectivity index (χ2v) is 4.37. The highest BCUT2D eigenvalue weighted by Crippen LogP contribution is 2.29. The van der Waals surface area contributed by atoms with Crippen LogP contribution in [0.5, 0.6) is 0 Å². The molecule has 3 heterocycles. The van der Waals surface area contributed by atoms with Gasteiger partial charge in [0.1, 0.15) is 18.0 Å². The molecule has 3 atom stereocenters. The molecule has 0 aromatic carbocycles. The highest BCUT2D eigenvalue weighted by atomic mass is 16.5. The molecule has 2 aromatic heterocycles. The van der Waals surface area contributed by atoms with Crippen LogP contribution in [0.15, 0.2) is 15.9 Å². The minimum atomic E-state index is -0.804. The van der Waals surface area contributed by atoms with Gasteiger partial charge in [-0.2, -0.15) is 0 Å². The Kier molecular flexibility index (Phi) is 2.73. The van der Waals surface area contributed by atoms with E-state index in [0.717, 1.165) is 0 Å². The lowest BCUT2D eigenvalue weighted by molar-refractivity contribution is -0.0432. The normalized spacial score (nSPS) is 27.2. The number of hydrogen-bond donors (Lipinski definition) is 4. The standard InChI is InChI=1S/C10H12N4O5/c15-2-5-4(16)1-6(19-5)14-3-11-7-8(14)12-10(18)13-9(7)17/h3-6,15-16H,1-2H2,(H2,12,13,17,18)/t4?,5-,6-/m1/s1. The first-order valence-corrected chi connectivity index (χ1v) is 5.73. The molecular formula is C10H12N4O5. The average molecular weight is 268 g/mol. The highest BCUT2D eigenvalue weighted by molar-refractivity contribution is 5.68. The average Bonchev–Trinajstić information content (AvgIpc) is 2.92. The largest absolute Gasteiger partial charge is 0.394 e. The molecule has 9 heteroatoms. The van der Waals surface area contributed by atoms with Crippen molar-refractivity contribution in [2.75, 3.05) is 6.61 Å². The third-order valence-corrected chi connectivity index (χ3v) is 3.16. The number of nitrogens with one attached hydrogen (secondary N) is 2. The lowest BCUT2D eigenvalue weighted by atomic mass is 10.2. The van der Waals surface area contributed by atoms with Crippen LogP contribution < -0.4 is 11.2 Å². The van der Waals surface area contributed by atoms with Crippen LogP contribution in [-0.4, -0.2) is 48.5 Å². The molecular weight excluding hydrogens is 256 g/mol. The number of ether oxygens (including phenoxy) is 1. The quantitative estimate of drug-likeness (QED) is 0.500. The van der Waals surface area contributed by atoms with Crippen LogP contribution in [0.4, 0.5) is 0 Å². The van der Waals surface area contributed by atoms with Crippen molar-refractivity contribution < 1.29 is 14.9 Å². The second kappa shape index (κ2) is 4.30. The van der Waals surface area contributed by atoms with Gasteiger partial charge in [-0.3, -0.25) is 19.3 Å². The van der Waals surface area contributed by atoms with Crippen LogP contribution in [-0.2, 0) is 4.74 Å². The van der Waals surface area contributed by atoms with Gasteiger partial charge in [0, 0.05) is 6.42 Å². The summed E-state index contributed by atoms with van der Waals surface area (Å²) in [5, 5.41) is 18.7. The van der Waals surface area contributed by atoms with Crippen LogP contribution in [0.25, 0.3) is 11.2 Å². The summed E-state index contributed by atoms with van der Waals surface area (Å²) in [5.74, 6) is 0. The summed E-state index contributed by atoms with van der Waals surface area (Å²) in [4.78, 5) is 31.2. The van der Waals surface area contributed by atoms with Gasteiger partial charge in [-0.1, -0.05) is 0 Å². The molecule has 3 rings (SSSR count). The molecule has 1 aliphatic heterocycles. The number of aliphatic hydroxyl groups is 2. The predicted molar refractivity (Wildman–Crippen MR) is 62.6 cm³/mol. The lowest BCUT2D eigenvalue weighted by Gasteiger charge is -2.13. The Bertz CT molecular complexity index is 717. The smallest absolute Gasteiger partial charge is 0.327 e. The van der Waals surface area contributed by atoms with Gasteiger partial charge in [-0.05, 0) is 0 Å². The number of rotatable bonds is 2. The van der Waals surface area contributed by atoms with Crippen LogP contribution >= 0.6 is 0 Å². The first-order valence-electron chi connectivity index (χ1n) is 5.73. The number of nitrogens with zero attached hydrogens (tertiary/aromatic N) is 2. The Balaban J connectivity index is 2.07. The van der Waals surface area contributed by atoms with Crippen molar-refractivity contribution in [2.24, 2.45) is 0 Å². The molecule has 4 N–H and O–H groups in total. The van der Waals surface area contributed by atoms with Crippen molar-refractivity contribution >= 4 is 11.2 Å². The van der Waals surface area contributed by atoms with Gasteiger partial charge in [0.25, 0.3) is 5.56 Å². The first-order chi connectivity index (χ1) is 9.10. The fraction of sp³-hybridized carbons (Fsp3) is 0.500. The van der Waals surface area contributed by atoms with E-state index in [1.54, 1.807) is 0 Å². The highest BCUT2D eigenvalue weighted by Gasteiger charge is 2.35. The molecule has 0 radical (unpaired) electrons. The summed E-state index contributed by atoms with van der Waals surface area (Å²) in [5.41, 5.74) is -0.916. The molecule has 19 heavy (non-hydrogen) atoms. The van der Waals surface area contributed by atoms with Gasteiger partial charge in [0.2, 0.25) is 0 Å². The molecule has 0 bridgehead atoms. The number of H-pyrrole nitrogens is 2. The number of aromatic amines is 2. The lowest BCUT2D eigenvalue weighted by Crippen LogP contribution is -2.24. The number of imidazole rings is 1. The fourth-order valence-corrected chi connectivity index (χ4v) is 2.22. The summed E-state index contributed by atoms with van der Waals surface area (Å²) >= 11 is 0. The molecule has 2 aromatic rings. The number of fused-ring (bicyclic) bond motifs is 1. The topological polar surface area (TPSA) is 133 Å². The molecule has 9 nitrogen and oxygen atoms in total. The molecule has 1 aliphatic rings. The zero-order chi connectivity index (χ0) is 13.6. The van der Waals surface area contributed by atoms with E-state index < -0.39 is 29.7 Å². The molecule has 1 fully saturated rings. The van der Waals surface area contributed by atoms with Gasteiger partial charge in [0.05, 0.1) is 19.0 Å². The van der Waals surface area contributed by atoms with E-state index in [0.29, 0.717) is 0 Å². The summed E-state index contributed by atoms with van der Waals surface area (Å²) in [7, 11) is 0. The van der Waals surface area contributed by atoms with Crippen molar-refractivity contribution in [2.45, 2.75) is 24.9 Å². The molecule has 102 valence electrons. The SMILES string of the molecule is O=c1[nH]c(=O)c2ncn([C@H]3CC(O)[C@@H](CO)O3)c2[nH]1. The van der Waals surface area contributed by atoms with E-state index in [9.17, 15) is 14.7 Å². The van der Waals surface area contributed by atoms with E-state index >= 15 is 0 Å². The fourth-order valence-electron chi connectivity index (χ4n) is 2.22. The van der Waals surface area contributed by atoms with Gasteiger partial charge < -0.3 is 14.9 Å². The maximum absolute atomic E-state index is 11.5. The predicted octanol–water partition coefficient (Wildman–Crippen LogP) is -1.95. The van der Waals surface area contributed by atoms with Gasteiger partial charge in [-0.25, -0.2) is 9.78 Å². The molecule has 0 amide bonds. The first kappa shape index (κ1) is 12.1. The van der Waals surface area contributed by atoms with Crippen molar-refractivity contribution in [1.29, 1.82) is 0 Å². The Hall–Kier alpha value is -1.97. The maximum atomic E-state index is 11.5. The van der Waals surface area contributed by atoms with Gasteiger partial charge >= 0.3 is 5.69 Å². The minimum Gasteiger partial charge on any atom is -0.394 e. The summed E-state index contributed by atoms with van der Waals surface area (Å²) in [6.45, 7) is -0.304. The van der Waals surface area contributed by atoms with Crippen LogP contribution in [0, 0.1) is 0 Å². The Labute approximate surface area is 105 Å². The van der Waals surface area contributed by atoms with Crippen molar-refractivity contribution in [3.63, 3.8) is 0 Å². The number of aliphatic hydroxyl groups excluding tert-OH is 2. The summed E-state index contributed by atoms with van der Waals surface area (Å²) in [6, 6.07) is 0. The molecule has 1 unspecified atom stereocenters. The Morgan fingerprint density at radius 3 is 2.95 bits per heavy atom. The summed E-state index contributed by atoms with van der Waals surface area (Å²) in [6.07, 6.45) is -0.481. The van der Waals surface area contributed by atoms with Crippen molar-refractivity contribution in [1.82, 2.24) is 19.5 Å².